The maximum Gasteiger partial charge on any atom is 0.306 e. The number of aliphatic hydroxyl groups is 1. The Balaban J connectivity index is 1.53. The summed E-state index contributed by atoms with van der Waals surface area (Å²) in [7, 11) is 1.63. The van der Waals surface area contributed by atoms with E-state index in [0.717, 1.165) is 11.3 Å². The normalized spacial score (nSPS) is 25.7. The summed E-state index contributed by atoms with van der Waals surface area (Å²) in [5, 5.41) is 10.4. The molecule has 3 rings (SSSR count). The first-order chi connectivity index (χ1) is 15.6. The number of benzene rings is 1. The Morgan fingerprint density at radius 3 is 2.67 bits per heavy atom. The van der Waals surface area contributed by atoms with Crippen LogP contribution in [-0.4, -0.2) is 48.1 Å². The van der Waals surface area contributed by atoms with Gasteiger partial charge >= 0.3 is 11.9 Å². The summed E-state index contributed by atoms with van der Waals surface area (Å²) in [4.78, 5) is 23.6. The van der Waals surface area contributed by atoms with Crippen molar-refractivity contribution in [2.75, 3.05) is 7.11 Å². The second-order valence-corrected chi connectivity index (χ2v) is 9.84. The average Bonchev–Trinajstić information content (AvgIpc) is 3.25. The van der Waals surface area contributed by atoms with Crippen molar-refractivity contribution < 1.29 is 33.6 Å². The van der Waals surface area contributed by atoms with Crippen LogP contribution >= 0.6 is 0 Å². The van der Waals surface area contributed by atoms with Crippen molar-refractivity contribution >= 4 is 11.9 Å². The molecular formula is C26H36O7. The van der Waals surface area contributed by atoms with Crippen LogP contribution < -0.4 is 4.74 Å². The molecule has 2 fully saturated rings. The monoisotopic (exact) mass is 460 g/mol. The number of aliphatic hydroxyl groups excluding tert-OH is 1. The molecule has 0 unspecified atom stereocenters. The topological polar surface area (TPSA) is 91.3 Å². The highest BCUT2D eigenvalue weighted by Crippen LogP contribution is 2.43. The Morgan fingerprint density at radius 1 is 1.27 bits per heavy atom. The molecule has 7 heteroatoms. The largest absolute Gasteiger partial charge is 0.497 e. The minimum absolute atomic E-state index is 0.0137. The van der Waals surface area contributed by atoms with Gasteiger partial charge in [0.05, 0.1) is 32.3 Å². The molecule has 33 heavy (non-hydrogen) atoms. The summed E-state index contributed by atoms with van der Waals surface area (Å²) >= 11 is 0. The third kappa shape index (κ3) is 7.57. The fourth-order valence-electron chi connectivity index (χ4n) is 4.47. The van der Waals surface area contributed by atoms with Gasteiger partial charge in [-0.2, -0.15) is 0 Å². The zero-order valence-corrected chi connectivity index (χ0v) is 20.0. The maximum absolute atomic E-state index is 11.8. The van der Waals surface area contributed by atoms with Gasteiger partial charge in [0.25, 0.3) is 0 Å². The van der Waals surface area contributed by atoms with Crippen molar-refractivity contribution in [2.24, 2.45) is 11.8 Å². The minimum atomic E-state index is -0.674. The Labute approximate surface area is 196 Å². The molecule has 5 atom stereocenters. The Hall–Kier alpha value is -2.38. The van der Waals surface area contributed by atoms with Crippen molar-refractivity contribution in [3.8, 4) is 5.75 Å². The van der Waals surface area contributed by atoms with E-state index in [0.29, 0.717) is 32.3 Å². The van der Waals surface area contributed by atoms with Gasteiger partial charge in [0, 0.05) is 24.7 Å². The highest BCUT2D eigenvalue weighted by atomic mass is 16.6. The molecule has 1 aromatic rings. The molecule has 182 valence electrons. The van der Waals surface area contributed by atoms with Crippen molar-refractivity contribution in [3.63, 3.8) is 0 Å². The van der Waals surface area contributed by atoms with Gasteiger partial charge in [-0.1, -0.05) is 24.3 Å². The molecule has 1 aliphatic heterocycles. The van der Waals surface area contributed by atoms with E-state index >= 15 is 0 Å². The fourth-order valence-corrected chi connectivity index (χ4v) is 4.47. The summed E-state index contributed by atoms with van der Waals surface area (Å²) in [6.07, 6.45) is 5.10. The third-order valence-electron chi connectivity index (χ3n) is 6.03. The number of carbonyl (C=O) groups excluding carboxylic acids is 2. The number of rotatable bonds is 10. The van der Waals surface area contributed by atoms with E-state index < -0.39 is 11.7 Å². The smallest absolute Gasteiger partial charge is 0.306 e. The van der Waals surface area contributed by atoms with E-state index in [4.69, 9.17) is 18.9 Å². The van der Waals surface area contributed by atoms with Crippen LogP contribution in [0.15, 0.2) is 36.4 Å². The van der Waals surface area contributed by atoms with E-state index in [-0.39, 0.29) is 42.4 Å². The molecular weight excluding hydrogens is 424 g/mol. The first-order valence-corrected chi connectivity index (χ1v) is 11.7. The highest BCUT2D eigenvalue weighted by Gasteiger charge is 2.49. The van der Waals surface area contributed by atoms with Crippen LogP contribution in [0.2, 0.25) is 0 Å². The first kappa shape index (κ1) is 25.2. The predicted molar refractivity (Wildman–Crippen MR) is 123 cm³/mol. The summed E-state index contributed by atoms with van der Waals surface area (Å²) in [6, 6.07) is 7.73. The number of methoxy groups -OCH3 is 1. The molecule has 7 nitrogen and oxygen atoms in total. The quantitative estimate of drug-likeness (QED) is 0.417. The van der Waals surface area contributed by atoms with Gasteiger partial charge in [-0.15, -0.1) is 0 Å². The number of carbonyl (C=O) groups is 2. The third-order valence-corrected chi connectivity index (χ3v) is 6.03. The molecule has 0 radical (unpaired) electrons. The predicted octanol–water partition coefficient (Wildman–Crippen LogP) is 3.96. The van der Waals surface area contributed by atoms with Gasteiger partial charge in [-0.25, -0.2) is 0 Å². The van der Waals surface area contributed by atoms with Gasteiger partial charge < -0.3 is 24.1 Å². The summed E-state index contributed by atoms with van der Waals surface area (Å²) in [5.74, 6) is 0.409. The fraction of sp³-hybridized carbons (Fsp3) is 0.615. The van der Waals surface area contributed by atoms with E-state index in [1.807, 2.05) is 51.1 Å². The number of hydrogen-bond donors (Lipinski definition) is 1. The number of ether oxygens (including phenoxy) is 4. The highest BCUT2D eigenvalue weighted by molar-refractivity contribution is 5.72. The van der Waals surface area contributed by atoms with Crippen molar-refractivity contribution in [1.29, 1.82) is 0 Å². The molecule has 0 spiro atoms. The van der Waals surface area contributed by atoms with Crippen LogP contribution in [0.1, 0.15) is 58.4 Å². The Morgan fingerprint density at radius 2 is 2.00 bits per heavy atom. The second kappa shape index (κ2) is 11.2. The summed E-state index contributed by atoms with van der Waals surface area (Å²) in [6.45, 7) is 5.96. The standard InChI is InChI=1S/C26H36O7/c1-26(2,3)33-24(28)7-5-6-18(27)10-13-20-21-14-25(29)32-23(21)15-22(20)31-16-17-8-11-19(30-4)12-9-17/h8-13,18,20-23,27H,5-7,14-16H2,1-4H3/t18-,20+,21-,22-,23+/m1/s1. The molecule has 0 bridgehead atoms. The zero-order valence-electron chi connectivity index (χ0n) is 20.0. The van der Waals surface area contributed by atoms with Crippen molar-refractivity contribution in [1.82, 2.24) is 0 Å². The Kier molecular flexibility index (Phi) is 8.54. The van der Waals surface area contributed by atoms with Crippen LogP contribution in [-0.2, 0) is 30.4 Å². The van der Waals surface area contributed by atoms with Gasteiger partial charge in [0.1, 0.15) is 17.5 Å². The SMILES string of the molecule is COc1ccc(CO[C@@H]2C[C@@H]3OC(=O)C[C@@H]3[C@@H]2C=C[C@H](O)CCCC(=O)OC(C)(C)C)cc1. The summed E-state index contributed by atoms with van der Waals surface area (Å²) in [5.41, 5.74) is 0.533. The first-order valence-electron chi connectivity index (χ1n) is 11.7. The maximum atomic E-state index is 11.8. The summed E-state index contributed by atoms with van der Waals surface area (Å²) < 4.78 is 22.2. The molecule has 2 aliphatic rings. The molecule has 1 heterocycles. The molecule has 1 saturated heterocycles. The van der Waals surface area contributed by atoms with Gasteiger partial charge in [0.15, 0.2) is 0 Å². The van der Waals surface area contributed by atoms with Crippen LogP contribution in [0.4, 0.5) is 0 Å². The van der Waals surface area contributed by atoms with Crippen LogP contribution in [0, 0.1) is 11.8 Å². The second-order valence-electron chi connectivity index (χ2n) is 9.84. The van der Waals surface area contributed by atoms with E-state index in [1.54, 1.807) is 13.2 Å². The lowest BCUT2D eigenvalue weighted by Gasteiger charge is -2.21. The lowest BCUT2D eigenvalue weighted by Crippen LogP contribution is -2.24. The molecule has 1 saturated carbocycles. The molecule has 0 aromatic heterocycles. The van der Waals surface area contributed by atoms with Gasteiger partial charge in [0.2, 0.25) is 0 Å². The number of hydrogen-bond acceptors (Lipinski definition) is 7. The van der Waals surface area contributed by atoms with E-state index in [2.05, 4.69) is 0 Å². The lowest BCUT2D eigenvalue weighted by atomic mass is 9.91. The lowest BCUT2D eigenvalue weighted by molar-refractivity contribution is -0.155. The zero-order chi connectivity index (χ0) is 24.0. The Bertz CT molecular complexity index is 824. The van der Waals surface area contributed by atoms with E-state index in [1.165, 1.54) is 0 Å². The van der Waals surface area contributed by atoms with Crippen LogP contribution in [0.25, 0.3) is 0 Å². The van der Waals surface area contributed by atoms with E-state index in [9.17, 15) is 14.7 Å². The average molecular weight is 461 g/mol. The minimum Gasteiger partial charge on any atom is -0.497 e. The van der Waals surface area contributed by atoms with Crippen molar-refractivity contribution in [2.45, 2.75) is 83.4 Å². The molecule has 1 N–H and O–H groups in total. The number of fused-ring (bicyclic) bond motifs is 1. The van der Waals surface area contributed by atoms with Crippen molar-refractivity contribution in [3.05, 3.63) is 42.0 Å². The van der Waals surface area contributed by atoms with Gasteiger partial charge in [-0.3, -0.25) is 9.59 Å². The van der Waals surface area contributed by atoms with Crippen LogP contribution in [0.3, 0.4) is 0 Å². The number of esters is 2. The molecule has 1 aromatic carbocycles. The molecule has 1 aliphatic carbocycles. The van der Waals surface area contributed by atoms with Crippen LogP contribution in [0.5, 0.6) is 5.75 Å². The van der Waals surface area contributed by atoms with Gasteiger partial charge in [-0.05, 0) is 51.3 Å². The molecule has 0 amide bonds.